The Kier molecular flexibility index (Phi) is 8.14. The summed E-state index contributed by atoms with van der Waals surface area (Å²) in [6.07, 6.45) is 13.9. The Morgan fingerprint density at radius 1 is 1.16 bits per heavy atom. The van der Waals surface area contributed by atoms with E-state index in [-0.39, 0.29) is 23.6 Å². The van der Waals surface area contributed by atoms with Crippen molar-refractivity contribution in [3.63, 3.8) is 0 Å². The highest BCUT2D eigenvalue weighted by molar-refractivity contribution is 5.62. The second-order valence-electron chi connectivity index (χ2n) is 13.3. The van der Waals surface area contributed by atoms with E-state index in [4.69, 9.17) is 11.5 Å². The van der Waals surface area contributed by atoms with Crippen LogP contribution in [-0.2, 0) is 0 Å². The van der Waals surface area contributed by atoms with Crippen molar-refractivity contribution >= 4 is 5.70 Å². The number of nitrogens with two attached hydrogens (primary N) is 2. The van der Waals surface area contributed by atoms with Gasteiger partial charge in [-0.25, -0.2) is 4.39 Å². The van der Waals surface area contributed by atoms with Crippen LogP contribution in [0.1, 0.15) is 89.2 Å². The number of aryl methyl sites for hydroxylation is 1. The number of aliphatic hydroxyl groups excluding tert-OH is 1. The molecule has 5 rings (SSSR count). The molecule has 4 aliphatic rings. The molecule has 0 bridgehead atoms. The summed E-state index contributed by atoms with van der Waals surface area (Å²) in [5, 5.41) is 14.8. The molecule has 4 nitrogen and oxygen atoms in total. The largest absolute Gasteiger partial charge is 0.511 e. The fraction of sp³-hybridized carbons (Fsp3) is 0.697. The number of hydrogen-bond donors (Lipinski definition) is 4. The van der Waals surface area contributed by atoms with Gasteiger partial charge in [0.15, 0.2) is 0 Å². The van der Waals surface area contributed by atoms with E-state index in [1.165, 1.54) is 32.1 Å². The Balaban J connectivity index is 1.41. The van der Waals surface area contributed by atoms with Crippen molar-refractivity contribution in [3.05, 3.63) is 53.4 Å². The van der Waals surface area contributed by atoms with Crippen LogP contribution in [0.4, 0.5) is 4.39 Å². The number of hydrogen-bond acceptors (Lipinski definition) is 4. The molecule has 0 amide bonds. The molecular weight excluding hydrogens is 473 g/mol. The summed E-state index contributed by atoms with van der Waals surface area (Å²) in [5.74, 6) is 2.10. The summed E-state index contributed by atoms with van der Waals surface area (Å²) >= 11 is 0. The molecule has 1 aromatic rings. The SMILES string of the molecule is CCC1CCCCC(C)C(CC2(N)C(O)=CC3C4CCCC4C(N/C=C(\N)c4cccc(C)c4)C(F)C32)C1. The van der Waals surface area contributed by atoms with Crippen molar-refractivity contribution in [1.82, 2.24) is 5.32 Å². The van der Waals surface area contributed by atoms with Gasteiger partial charge in [0.1, 0.15) is 11.9 Å². The van der Waals surface area contributed by atoms with E-state index in [0.717, 1.165) is 36.8 Å². The van der Waals surface area contributed by atoms with Gasteiger partial charge < -0.3 is 21.9 Å². The summed E-state index contributed by atoms with van der Waals surface area (Å²) in [5.41, 5.74) is 15.4. The molecule has 210 valence electrons. The van der Waals surface area contributed by atoms with E-state index in [0.29, 0.717) is 35.8 Å². The molecule has 10 unspecified atom stereocenters. The predicted octanol–water partition coefficient (Wildman–Crippen LogP) is 7.00. The maximum absolute atomic E-state index is 16.8. The van der Waals surface area contributed by atoms with Crippen LogP contribution in [0, 0.1) is 48.3 Å². The van der Waals surface area contributed by atoms with Crippen LogP contribution < -0.4 is 16.8 Å². The third kappa shape index (κ3) is 5.12. The summed E-state index contributed by atoms with van der Waals surface area (Å²) in [6.45, 7) is 6.69. The zero-order valence-electron chi connectivity index (χ0n) is 23.7. The van der Waals surface area contributed by atoms with Crippen LogP contribution in [0.25, 0.3) is 5.70 Å². The quantitative estimate of drug-likeness (QED) is 0.324. The van der Waals surface area contributed by atoms with Crippen molar-refractivity contribution in [2.75, 3.05) is 0 Å². The van der Waals surface area contributed by atoms with E-state index >= 15 is 4.39 Å². The standard InChI is InChI=1S/C33H50FN3O/c1-4-22-11-6-5-10-21(3)24(16-22)18-33(36)29(38)17-27-25-13-8-14-26(25)32(31(34)30(27)33)37-19-28(35)23-12-7-9-20(2)15-23/h7,9,12,15,17,19,21-22,24-27,30-32,37-38H,4-6,8,10-11,13-14,16,18,35-36H2,1-3H3/b28-19-. The number of aliphatic hydroxyl groups is 1. The number of rotatable bonds is 6. The summed E-state index contributed by atoms with van der Waals surface area (Å²) in [7, 11) is 0. The average Bonchev–Trinajstić information content (AvgIpc) is 3.47. The van der Waals surface area contributed by atoms with Gasteiger partial charge >= 0.3 is 0 Å². The number of benzene rings is 1. The fourth-order valence-corrected chi connectivity index (χ4v) is 8.79. The van der Waals surface area contributed by atoms with Gasteiger partial charge in [0, 0.05) is 12.1 Å². The van der Waals surface area contributed by atoms with Gasteiger partial charge in [0.25, 0.3) is 0 Å². The molecule has 5 heteroatoms. The first-order valence-electron chi connectivity index (χ1n) is 15.4. The number of halogens is 1. The third-order valence-corrected chi connectivity index (χ3v) is 11.0. The Morgan fingerprint density at radius 3 is 2.68 bits per heavy atom. The lowest BCUT2D eigenvalue weighted by molar-refractivity contribution is -0.0142. The Bertz CT molecular complexity index is 1040. The molecule has 1 aromatic carbocycles. The van der Waals surface area contributed by atoms with Gasteiger partial charge in [-0.05, 0) is 85.8 Å². The Hall–Kier alpha value is -2.01. The van der Waals surface area contributed by atoms with Crippen LogP contribution in [0.2, 0.25) is 0 Å². The number of alkyl halides is 1. The minimum Gasteiger partial charge on any atom is -0.511 e. The minimum absolute atomic E-state index is 0.0180. The summed E-state index contributed by atoms with van der Waals surface area (Å²) < 4.78 is 16.8. The van der Waals surface area contributed by atoms with Gasteiger partial charge in [-0.1, -0.05) is 76.1 Å². The van der Waals surface area contributed by atoms with Crippen molar-refractivity contribution < 1.29 is 9.50 Å². The van der Waals surface area contributed by atoms with Gasteiger partial charge in [-0.3, -0.25) is 0 Å². The summed E-state index contributed by atoms with van der Waals surface area (Å²) in [4.78, 5) is 0. The minimum atomic E-state index is -1.14. The van der Waals surface area contributed by atoms with Crippen molar-refractivity contribution in [2.45, 2.75) is 103 Å². The Labute approximate surface area is 229 Å². The molecule has 3 fully saturated rings. The highest BCUT2D eigenvalue weighted by Crippen LogP contribution is 2.58. The third-order valence-electron chi connectivity index (χ3n) is 11.0. The topological polar surface area (TPSA) is 84.3 Å². The van der Waals surface area contributed by atoms with Crippen LogP contribution in [0.5, 0.6) is 0 Å². The van der Waals surface area contributed by atoms with E-state index < -0.39 is 17.6 Å². The normalized spacial score (nSPS) is 41.6. The fourth-order valence-electron chi connectivity index (χ4n) is 8.79. The molecule has 0 aromatic heterocycles. The van der Waals surface area contributed by atoms with Gasteiger partial charge in [-0.2, -0.15) is 0 Å². The first-order valence-corrected chi connectivity index (χ1v) is 15.4. The van der Waals surface area contributed by atoms with Crippen LogP contribution >= 0.6 is 0 Å². The molecule has 38 heavy (non-hydrogen) atoms. The smallest absolute Gasteiger partial charge is 0.126 e. The van der Waals surface area contributed by atoms with Gasteiger partial charge in [-0.15, -0.1) is 0 Å². The molecule has 0 saturated heterocycles. The lowest BCUT2D eigenvalue weighted by Gasteiger charge is -2.50. The summed E-state index contributed by atoms with van der Waals surface area (Å²) in [6, 6.07) is 7.75. The van der Waals surface area contributed by atoms with Crippen molar-refractivity contribution in [2.24, 2.45) is 52.9 Å². The van der Waals surface area contributed by atoms with Crippen molar-refractivity contribution in [1.29, 1.82) is 0 Å². The molecule has 0 spiro atoms. The van der Waals surface area contributed by atoms with Crippen LogP contribution in [0.3, 0.4) is 0 Å². The van der Waals surface area contributed by atoms with E-state index in [1.54, 1.807) is 0 Å². The first kappa shape index (κ1) is 27.6. The molecule has 4 aliphatic carbocycles. The maximum atomic E-state index is 16.8. The molecule has 6 N–H and O–H groups in total. The average molecular weight is 524 g/mol. The number of allylic oxidation sites excluding steroid dienone is 1. The van der Waals surface area contributed by atoms with E-state index in [9.17, 15) is 5.11 Å². The molecule has 10 atom stereocenters. The van der Waals surface area contributed by atoms with Gasteiger partial charge in [0.2, 0.25) is 0 Å². The number of fused-ring (bicyclic) bond motifs is 3. The number of nitrogens with one attached hydrogen (secondary N) is 1. The maximum Gasteiger partial charge on any atom is 0.126 e. The van der Waals surface area contributed by atoms with Crippen LogP contribution in [-0.4, -0.2) is 22.9 Å². The zero-order valence-corrected chi connectivity index (χ0v) is 23.7. The van der Waals surface area contributed by atoms with Crippen LogP contribution in [0.15, 0.2) is 42.3 Å². The lowest BCUT2D eigenvalue weighted by Crippen LogP contribution is -2.62. The van der Waals surface area contributed by atoms with E-state index in [1.807, 2.05) is 37.4 Å². The predicted molar refractivity (Wildman–Crippen MR) is 155 cm³/mol. The highest BCUT2D eigenvalue weighted by atomic mass is 19.1. The van der Waals surface area contributed by atoms with Crippen molar-refractivity contribution in [3.8, 4) is 0 Å². The zero-order chi connectivity index (χ0) is 27.0. The monoisotopic (exact) mass is 523 g/mol. The second-order valence-corrected chi connectivity index (χ2v) is 13.3. The lowest BCUT2D eigenvalue weighted by atomic mass is 9.60. The molecule has 3 saturated carbocycles. The molecule has 0 aliphatic heterocycles. The molecule has 0 heterocycles. The first-order chi connectivity index (χ1) is 18.2. The molecule has 0 radical (unpaired) electrons. The van der Waals surface area contributed by atoms with Gasteiger partial charge in [0.05, 0.1) is 17.3 Å². The Morgan fingerprint density at radius 2 is 1.92 bits per heavy atom. The van der Waals surface area contributed by atoms with E-state index in [2.05, 4.69) is 25.2 Å². The molecular formula is C33H50FN3O. The highest BCUT2D eigenvalue weighted by Gasteiger charge is 2.62. The second kappa shape index (κ2) is 11.2.